The Morgan fingerprint density at radius 2 is 2.11 bits per heavy atom. The molecule has 8 nitrogen and oxygen atoms in total. The highest BCUT2D eigenvalue weighted by Gasteiger charge is 2.28. The van der Waals surface area contributed by atoms with E-state index in [2.05, 4.69) is 42.1 Å². The lowest BCUT2D eigenvalue weighted by atomic mass is 10.2. The van der Waals surface area contributed by atoms with E-state index in [4.69, 9.17) is 0 Å². The summed E-state index contributed by atoms with van der Waals surface area (Å²) in [4.78, 5) is 24.7. The van der Waals surface area contributed by atoms with Crippen LogP contribution >= 0.6 is 27.3 Å². The van der Waals surface area contributed by atoms with Gasteiger partial charge in [0.05, 0.1) is 21.3 Å². The van der Waals surface area contributed by atoms with Crippen LogP contribution in [0.4, 0.5) is 5.69 Å². The summed E-state index contributed by atoms with van der Waals surface area (Å²) in [6.45, 7) is -0.113. The molecule has 0 radical (unpaired) electrons. The number of halogens is 1. The van der Waals surface area contributed by atoms with Crippen molar-refractivity contribution in [2.24, 2.45) is 0 Å². The van der Waals surface area contributed by atoms with Gasteiger partial charge in [-0.3, -0.25) is 9.59 Å². The lowest BCUT2D eigenvalue weighted by Gasteiger charge is -2.08. The number of benzene rings is 1. The Morgan fingerprint density at radius 3 is 2.85 bits per heavy atom. The van der Waals surface area contributed by atoms with E-state index in [9.17, 15) is 9.59 Å². The maximum atomic E-state index is 12.2. The van der Waals surface area contributed by atoms with Crippen molar-refractivity contribution in [3.05, 3.63) is 45.1 Å². The predicted octanol–water partition coefficient (Wildman–Crippen LogP) is 2.87. The van der Waals surface area contributed by atoms with Gasteiger partial charge in [-0.1, -0.05) is 12.1 Å². The van der Waals surface area contributed by atoms with Gasteiger partial charge in [-0.25, -0.2) is 4.68 Å². The molecule has 0 aliphatic heterocycles. The van der Waals surface area contributed by atoms with Crippen LogP contribution in [0.5, 0.6) is 0 Å². The third kappa shape index (κ3) is 4.22. The first-order valence-corrected chi connectivity index (χ1v) is 9.93. The third-order valence-corrected chi connectivity index (χ3v) is 5.62. The summed E-state index contributed by atoms with van der Waals surface area (Å²) >= 11 is 4.62. The number of anilines is 1. The summed E-state index contributed by atoms with van der Waals surface area (Å²) in [5.74, 6) is 0.0984. The van der Waals surface area contributed by atoms with E-state index in [0.717, 1.165) is 22.2 Å². The molecule has 1 fully saturated rings. The quantitative estimate of drug-likeness (QED) is 0.605. The second-order valence-corrected chi connectivity index (χ2v) is 8.56. The molecule has 1 aliphatic rings. The molecule has 2 heterocycles. The molecule has 1 saturated carbocycles. The molecule has 0 bridgehead atoms. The average molecular weight is 447 g/mol. The monoisotopic (exact) mass is 446 g/mol. The van der Waals surface area contributed by atoms with Crippen LogP contribution in [0.1, 0.15) is 28.6 Å². The number of aromatic nitrogens is 4. The number of hydrogen-bond acceptors (Lipinski definition) is 6. The Hall–Kier alpha value is -2.59. The lowest BCUT2D eigenvalue weighted by molar-refractivity contribution is -0.115. The highest BCUT2D eigenvalue weighted by atomic mass is 79.9. The van der Waals surface area contributed by atoms with Gasteiger partial charge in [0.15, 0.2) is 5.82 Å². The molecular weight excluding hydrogens is 432 g/mol. The smallest absolute Gasteiger partial charge is 0.261 e. The fraction of sp³-hybridized carbons (Fsp3) is 0.235. The summed E-state index contributed by atoms with van der Waals surface area (Å²) in [6, 6.07) is 11.2. The Bertz CT molecular complexity index is 997. The van der Waals surface area contributed by atoms with Gasteiger partial charge in [-0.2, -0.15) is 0 Å². The van der Waals surface area contributed by atoms with Gasteiger partial charge in [0.2, 0.25) is 5.91 Å². The SMILES string of the molecule is O=C(CNC(=O)c1ccc(Br)s1)Nc1cccc(-c2nnnn2C2CC2)c1. The Morgan fingerprint density at radius 1 is 1.26 bits per heavy atom. The van der Waals surface area contributed by atoms with Crippen molar-refractivity contribution in [3.63, 3.8) is 0 Å². The van der Waals surface area contributed by atoms with Crippen molar-refractivity contribution in [2.45, 2.75) is 18.9 Å². The van der Waals surface area contributed by atoms with E-state index in [0.29, 0.717) is 22.4 Å². The summed E-state index contributed by atoms with van der Waals surface area (Å²) < 4.78 is 2.68. The highest BCUT2D eigenvalue weighted by Crippen LogP contribution is 2.36. The second kappa shape index (κ2) is 7.57. The zero-order valence-corrected chi connectivity index (χ0v) is 16.5. The number of nitrogens with zero attached hydrogens (tertiary/aromatic N) is 4. The van der Waals surface area contributed by atoms with E-state index in [-0.39, 0.29) is 18.4 Å². The normalized spacial score (nSPS) is 13.4. The molecule has 0 saturated heterocycles. The van der Waals surface area contributed by atoms with Crippen LogP contribution in [0.3, 0.4) is 0 Å². The lowest BCUT2D eigenvalue weighted by Crippen LogP contribution is -2.32. The number of hydrogen-bond donors (Lipinski definition) is 2. The zero-order chi connectivity index (χ0) is 18.8. The Kier molecular flexibility index (Phi) is 4.99. The molecule has 2 aromatic heterocycles. The van der Waals surface area contributed by atoms with Crippen molar-refractivity contribution in [3.8, 4) is 11.4 Å². The first kappa shape index (κ1) is 17.8. The summed E-state index contributed by atoms with van der Waals surface area (Å²) in [5, 5.41) is 17.3. The number of amides is 2. The summed E-state index contributed by atoms with van der Waals surface area (Å²) in [6.07, 6.45) is 2.16. The summed E-state index contributed by atoms with van der Waals surface area (Å²) in [5.41, 5.74) is 1.45. The van der Waals surface area contributed by atoms with Crippen molar-refractivity contribution in [2.75, 3.05) is 11.9 Å². The van der Waals surface area contributed by atoms with Gasteiger partial charge in [0.25, 0.3) is 5.91 Å². The number of rotatable bonds is 6. The molecule has 27 heavy (non-hydrogen) atoms. The van der Waals surface area contributed by atoms with Crippen LogP contribution in [0.25, 0.3) is 11.4 Å². The van der Waals surface area contributed by atoms with Gasteiger partial charge >= 0.3 is 0 Å². The molecular formula is C17H15BrN6O2S. The number of nitrogens with one attached hydrogen (secondary N) is 2. The van der Waals surface area contributed by atoms with Crippen LogP contribution in [0.2, 0.25) is 0 Å². The van der Waals surface area contributed by atoms with E-state index in [1.54, 1.807) is 18.2 Å². The van der Waals surface area contributed by atoms with Gasteiger partial charge in [-0.05, 0) is 63.5 Å². The van der Waals surface area contributed by atoms with E-state index < -0.39 is 0 Å². The van der Waals surface area contributed by atoms with Crippen LogP contribution in [-0.2, 0) is 4.79 Å². The molecule has 1 aromatic carbocycles. The fourth-order valence-corrected chi connectivity index (χ4v) is 3.88. The maximum Gasteiger partial charge on any atom is 0.261 e. The Labute approximate surface area is 167 Å². The first-order valence-electron chi connectivity index (χ1n) is 8.32. The minimum absolute atomic E-state index is 0.113. The number of carbonyl (C=O) groups excluding carboxylic acids is 2. The maximum absolute atomic E-state index is 12.2. The first-order chi connectivity index (χ1) is 13.1. The predicted molar refractivity (Wildman–Crippen MR) is 105 cm³/mol. The molecule has 10 heteroatoms. The zero-order valence-electron chi connectivity index (χ0n) is 14.1. The van der Waals surface area contributed by atoms with Crippen LogP contribution in [0, 0.1) is 0 Å². The molecule has 138 valence electrons. The van der Waals surface area contributed by atoms with Gasteiger partial charge < -0.3 is 10.6 Å². The van der Waals surface area contributed by atoms with Crippen LogP contribution in [-0.4, -0.2) is 38.6 Å². The molecule has 1 aliphatic carbocycles. The van der Waals surface area contributed by atoms with Gasteiger partial charge in [-0.15, -0.1) is 16.4 Å². The van der Waals surface area contributed by atoms with Gasteiger partial charge in [0, 0.05) is 11.3 Å². The number of carbonyl (C=O) groups is 2. The molecule has 3 aromatic rings. The molecule has 0 unspecified atom stereocenters. The van der Waals surface area contributed by atoms with Crippen molar-refractivity contribution in [1.29, 1.82) is 0 Å². The standard InChI is InChI=1S/C17H15BrN6O2S/c18-14-7-6-13(27-14)17(26)19-9-15(25)20-11-3-1-2-10(8-11)16-21-22-23-24(16)12-4-5-12/h1-3,6-8,12H,4-5,9H2,(H,19,26)(H,20,25). The van der Waals surface area contributed by atoms with E-state index >= 15 is 0 Å². The molecule has 0 atom stereocenters. The van der Waals surface area contributed by atoms with Crippen LogP contribution in [0.15, 0.2) is 40.2 Å². The molecule has 2 N–H and O–H groups in total. The van der Waals surface area contributed by atoms with Crippen molar-refractivity contribution < 1.29 is 9.59 Å². The van der Waals surface area contributed by atoms with Crippen molar-refractivity contribution >= 4 is 44.8 Å². The van der Waals surface area contributed by atoms with Gasteiger partial charge in [0.1, 0.15) is 0 Å². The number of thiophene rings is 1. The molecule has 2 amide bonds. The topological polar surface area (TPSA) is 102 Å². The third-order valence-electron chi connectivity index (χ3n) is 4.00. The second-order valence-electron chi connectivity index (χ2n) is 6.09. The minimum Gasteiger partial charge on any atom is -0.342 e. The number of tetrazole rings is 1. The largest absolute Gasteiger partial charge is 0.342 e. The molecule has 4 rings (SSSR count). The highest BCUT2D eigenvalue weighted by molar-refractivity contribution is 9.11. The molecule has 0 spiro atoms. The minimum atomic E-state index is -0.307. The van der Waals surface area contributed by atoms with E-state index in [1.165, 1.54) is 11.3 Å². The van der Waals surface area contributed by atoms with Crippen LogP contribution < -0.4 is 10.6 Å². The Balaban J connectivity index is 1.38. The van der Waals surface area contributed by atoms with E-state index in [1.807, 2.05) is 22.9 Å². The average Bonchev–Trinajstić information content (AvgIpc) is 3.22. The fourth-order valence-electron chi connectivity index (χ4n) is 2.57. The van der Waals surface area contributed by atoms with Crippen molar-refractivity contribution in [1.82, 2.24) is 25.5 Å². The summed E-state index contributed by atoms with van der Waals surface area (Å²) in [7, 11) is 0.